The molecule has 2 aliphatic rings. The summed E-state index contributed by atoms with van der Waals surface area (Å²) in [6.45, 7) is 12.1. The summed E-state index contributed by atoms with van der Waals surface area (Å²) in [5.41, 5.74) is 3.67. The number of pyridine rings is 1. The molecule has 4 aromatic rings. The fourth-order valence-electron chi connectivity index (χ4n) is 6.21. The van der Waals surface area contributed by atoms with Crippen molar-refractivity contribution < 1.29 is 9.30 Å². The summed E-state index contributed by atoms with van der Waals surface area (Å²) < 4.78 is 19.8. The fourth-order valence-corrected chi connectivity index (χ4v) is 7.90. The lowest BCUT2D eigenvalue weighted by Gasteiger charge is -2.42. The van der Waals surface area contributed by atoms with E-state index in [2.05, 4.69) is 70.2 Å². The standard InChI is InChI=1S/C31H40BrN10O2P/c1-20-18-25(30(44-3)39-29(20)42-12-8-21(9-13-42)41-16-14-40(2)15-17-41)37-31-35-19-22(32)28(38-31)36-24-7-6-23-26(34-11-10-33-23)27(24)45(4,5)43/h6-7,10-11,18-19,21H,8-9,12-17H2,1-5H3,(H2,35,36,37,38). The van der Waals surface area contributed by atoms with Crippen LogP contribution in [-0.4, -0.2) is 108 Å². The van der Waals surface area contributed by atoms with Gasteiger partial charge in [0.2, 0.25) is 11.8 Å². The number of hydrogen-bond acceptors (Lipinski definition) is 12. The van der Waals surface area contributed by atoms with Gasteiger partial charge in [0, 0.05) is 63.9 Å². The first kappa shape index (κ1) is 31.6. The van der Waals surface area contributed by atoms with Crippen LogP contribution in [0.25, 0.3) is 11.0 Å². The second-order valence-corrected chi connectivity index (χ2v) is 16.1. The van der Waals surface area contributed by atoms with Crippen LogP contribution in [0.4, 0.5) is 29.0 Å². The first-order valence-corrected chi connectivity index (χ1v) is 18.6. The molecule has 0 amide bonds. The van der Waals surface area contributed by atoms with Crippen LogP contribution in [0.3, 0.4) is 0 Å². The second-order valence-electron chi connectivity index (χ2n) is 12.1. The molecule has 0 saturated carbocycles. The number of nitrogens with one attached hydrogen (secondary N) is 2. The van der Waals surface area contributed by atoms with Crippen molar-refractivity contribution >= 4 is 68.4 Å². The van der Waals surface area contributed by atoms with Crippen molar-refractivity contribution in [1.29, 1.82) is 0 Å². The molecule has 12 nitrogen and oxygen atoms in total. The number of nitrogens with zero attached hydrogens (tertiary/aromatic N) is 8. The summed E-state index contributed by atoms with van der Waals surface area (Å²) in [5, 5.41) is 7.27. The van der Waals surface area contributed by atoms with Gasteiger partial charge < -0.3 is 29.7 Å². The zero-order valence-corrected chi connectivity index (χ0v) is 28.9. The number of aromatic nitrogens is 5. The third-order valence-corrected chi connectivity index (χ3v) is 10.7. The zero-order chi connectivity index (χ0) is 31.7. The number of rotatable bonds is 8. The van der Waals surface area contributed by atoms with E-state index in [0.717, 1.165) is 63.5 Å². The molecule has 2 fully saturated rings. The number of piperidine rings is 1. The highest BCUT2D eigenvalue weighted by Crippen LogP contribution is 2.41. The lowest BCUT2D eigenvalue weighted by atomic mass is 10.0. The number of benzene rings is 1. The second kappa shape index (κ2) is 13.2. The summed E-state index contributed by atoms with van der Waals surface area (Å²) in [6.07, 6.45) is 7.17. The normalized spacial score (nSPS) is 17.1. The van der Waals surface area contributed by atoms with Crippen LogP contribution in [-0.2, 0) is 4.57 Å². The number of methoxy groups -OCH3 is 1. The van der Waals surface area contributed by atoms with Gasteiger partial charge in [-0.05, 0) is 79.8 Å². The van der Waals surface area contributed by atoms with Gasteiger partial charge in [-0.25, -0.2) is 4.98 Å². The minimum atomic E-state index is -2.74. The maximum atomic E-state index is 13.4. The highest BCUT2D eigenvalue weighted by Gasteiger charge is 2.28. The minimum Gasteiger partial charge on any atom is -0.479 e. The summed E-state index contributed by atoms with van der Waals surface area (Å²) in [7, 11) is 1.09. The molecule has 1 aromatic carbocycles. The van der Waals surface area contributed by atoms with Gasteiger partial charge in [-0.2, -0.15) is 9.97 Å². The van der Waals surface area contributed by atoms with Gasteiger partial charge in [0.15, 0.2) is 0 Å². The van der Waals surface area contributed by atoms with Crippen molar-refractivity contribution in [1.82, 2.24) is 34.7 Å². The van der Waals surface area contributed by atoms with Crippen LogP contribution in [0.2, 0.25) is 0 Å². The van der Waals surface area contributed by atoms with Crippen molar-refractivity contribution in [3.63, 3.8) is 0 Å². The number of ether oxygens (including phenoxy) is 1. The molecular weight excluding hydrogens is 655 g/mol. The molecule has 2 aliphatic heterocycles. The number of hydrogen-bond donors (Lipinski definition) is 2. The zero-order valence-electron chi connectivity index (χ0n) is 26.4. The Morgan fingerprint density at radius 3 is 2.40 bits per heavy atom. The van der Waals surface area contributed by atoms with E-state index in [1.807, 2.05) is 18.2 Å². The molecule has 6 rings (SSSR count). The van der Waals surface area contributed by atoms with Gasteiger partial charge in [-0.15, -0.1) is 0 Å². The molecule has 0 atom stereocenters. The Hall–Kier alpha value is -3.38. The van der Waals surface area contributed by atoms with Crippen molar-refractivity contribution in [2.24, 2.45) is 0 Å². The monoisotopic (exact) mass is 694 g/mol. The summed E-state index contributed by atoms with van der Waals surface area (Å²) in [5.74, 6) is 2.29. The van der Waals surface area contributed by atoms with Gasteiger partial charge >= 0.3 is 0 Å². The number of anilines is 5. The van der Waals surface area contributed by atoms with Crippen LogP contribution in [0, 0.1) is 6.92 Å². The lowest BCUT2D eigenvalue weighted by Crippen LogP contribution is -2.52. The van der Waals surface area contributed by atoms with E-state index < -0.39 is 7.14 Å². The maximum Gasteiger partial charge on any atom is 0.239 e. The predicted octanol–water partition coefficient (Wildman–Crippen LogP) is 4.85. The van der Waals surface area contributed by atoms with Gasteiger partial charge in [0.1, 0.15) is 30.0 Å². The average Bonchev–Trinajstić information content (AvgIpc) is 3.02. The first-order chi connectivity index (χ1) is 21.6. The van der Waals surface area contributed by atoms with Crippen LogP contribution in [0.15, 0.2) is 41.3 Å². The van der Waals surface area contributed by atoms with E-state index >= 15 is 0 Å². The number of fused-ring (bicyclic) bond motifs is 1. The summed E-state index contributed by atoms with van der Waals surface area (Å²) >= 11 is 3.56. The van der Waals surface area contributed by atoms with Crippen LogP contribution >= 0.6 is 23.1 Å². The molecule has 5 heterocycles. The SMILES string of the molecule is COc1nc(N2CCC(N3CCN(C)CC3)CC2)c(C)cc1Nc1ncc(Br)c(Nc2ccc3nccnc3c2P(C)(C)=O)n1. The number of piperazine rings is 1. The Kier molecular flexibility index (Phi) is 9.24. The molecule has 2 saturated heterocycles. The molecule has 0 radical (unpaired) electrons. The van der Waals surface area contributed by atoms with Crippen molar-refractivity contribution in [2.75, 3.05) is 82.3 Å². The predicted molar refractivity (Wildman–Crippen MR) is 185 cm³/mol. The molecule has 3 aromatic heterocycles. The smallest absolute Gasteiger partial charge is 0.239 e. The van der Waals surface area contributed by atoms with E-state index in [-0.39, 0.29) is 0 Å². The number of likely N-dealkylation sites (N-methyl/N-ethyl adjacent to an activating group) is 1. The molecule has 0 bridgehead atoms. The Labute approximate surface area is 272 Å². The van der Waals surface area contributed by atoms with Gasteiger partial charge in [-0.3, -0.25) is 14.9 Å². The van der Waals surface area contributed by atoms with E-state index in [4.69, 9.17) is 14.7 Å². The van der Waals surface area contributed by atoms with Crippen molar-refractivity contribution in [3.8, 4) is 5.88 Å². The highest BCUT2D eigenvalue weighted by molar-refractivity contribution is 9.10. The van der Waals surface area contributed by atoms with E-state index in [9.17, 15) is 4.57 Å². The van der Waals surface area contributed by atoms with Gasteiger partial charge in [0.05, 0.1) is 28.1 Å². The van der Waals surface area contributed by atoms with Crippen molar-refractivity contribution in [3.05, 3.63) is 46.8 Å². The molecule has 238 valence electrons. The molecule has 0 spiro atoms. The van der Waals surface area contributed by atoms with E-state index in [1.165, 1.54) is 0 Å². The Morgan fingerprint density at radius 2 is 1.69 bits per heavy atom. The Bertz CT molecular complexity index is 1740. The fraction of sp³-hybridized carbons (Fsp3) is 0.452. The molecule has 45 heavy (non-hydrogen) atoms. The molecular formula is C31H40BrN10O2P. The minimum absolute atomic E-state index is 0.360. The first-order valence-electron chi connectivity index (χ1n) is 15.2. The van der Waals surface area contributed by atoms with Crippen molar-refractivity contribution in [2.45, 2.75) is 25.8 Å². The topological polar surface area (TPSA) is 125 Å². The van der Waals surface area contributed by atoms with Crippen LogP contribution < -0.4 is 25.6 Å². The molecule has 0 unspecified atom stereocenters. The van der Waals surface area contributed by atoms with E-state index in [0.29, 0.717) is 55.9 Å². The largest absolute Gasteiger partial charge is 0.479 e. The summed E-state index contributed by atoms with van der Waals surface area (Å²) in [6, 6.07) is 6.39. The third kappa shape index (κ3) is 6.91. The Morgan fingerprint density at radius 1 is 0.956 bits per heavy atom. The number of halogens is 1. The van der Waals surface area contributed by atoms with Crippen LogP contribution in [0.5, 0.6) is 5.88 Å². The number of aryl methyl sites for hydroxylation is 1. The lowest BCUT2D eigenvalue weighted by molar-refractivity contribution is 0.0981. The average molecular weight is 696 g/mol. The third-order valence-electron chi connectivity index (χ3n) is 8.56. The maximum absolute atomic E-state index is 13.4. The van der Waals surface area contributed by atoms with E-state index in [1.54, 1.807) is 39.0 Å². The molecule has 14 heteroatoms. The Balaban J connectivity index is 1.21. The molecule has 2 N–H and O–H groups in total. The van der Waals surface area contributed by atoms with Gasteiger partial charge in [-0.1, -0.05) is 0 Å². The highest BCUT2D eigenvalue weighted by atomic mass is 79.9. The quantitative estimate of drug-likeness (QED) is 0.245. The molecule has 0 aliphatic carbocycles. The summed E-state index contributed by atoms with van der Waals surface area (Å²) in [4.78, 5) is 30.5. The van der Waals surface area contributed by atoms with Gasteiger partial charge in [0.25, 0.3) is 0 Å². The van der Waals surface area contributed by atoms with Crippen LogP contribution in [0.1, 0.15) is 18.4 Å².